The van der Waals surface area contributed by atoms with Crippen LogP contribution in [0.15, 0.2) is 46.8 Å². The average Bonchev–Trinajstić information content (AvgIpc) is 3.22. The van der Waals surface area contributed by atoms with E-state index in [0.717, 1.165) is 11.3 Å². The van der Waals surface area contributed by atoms with Crippen LogP contribution in [-0.2, 0) is 10.0 Å². The molecule has 1 amide bonds. The third-order valence-corrected chi connectivity index (χ3v) is 7.86. The molecule has 0 bridgehead atoms. The van der Waals surface area contributed by atoms with E-state index in [4.69, 9.17) is 21.1 Å². The number of hydrogen-bond acceptors (Lipinski definition) is 8. The summed E-state index contributed by atoms with van der Waals surface area (Å²) in [6.45, 7) is 3.77. The van der Waals surface area contributed by atoms with Gasteiger partial charge < -0.3 is 9.47 Å². The van der Waals surface area contributed by atoms with Gasteiger partial charge in [-0.2, -0.15) is 0 Å². The first-order valence-corrected chi connectivity index (χ1v) is 12.5. The van der Waals surface area contributed by atoms with Crippen LogP contribution in [0.5, 0.6) is 11.5 Å². The first kappa shape index (κ1) is 23.4. The fourth-order valence-electron chi connectivity index (χ4n) is 3.44. The molecule has 9 nitrogen and oxygen atoms in total. The summed E-state index contributed by atoms with van der Waals surface area (Å²) in [7, 11) is -2.49. The monoisotopic (exact) mass is 508 g/mol. The Hall–Kier alpha value is -2.73. The van der Waals surface area contributed by atoms with E-state index in [-0.39, 0.29) is 9.47 Å². The molecule has 0 saturated carbocycles. The highest BCUT2D eigenvalue weighted by atomic mass is 35.5. The molecule has 4 rings (SSSR count). The van der Waals surface area contributed by atoms with E-state index in [9.17, 15) is 13.2 Å². The molecule has 1 atom stereocenters. The Morgan fingerprint density at radius 1 is 1.21 bits per heavy atom. The molecule has 2 heterocycles. The zero-order valence-electron chi connectivity index (χ0n) is 18.0. The molecule has 1 aromatic heterocycles. The Morgan fingerprint density at radius 2 is 1.94 bits per heavy atom. The van der Waals surface area contributed by atoms with Gasteiger partial charge >= 0.3 is 0 Å². The molecular formula is C21H21ClN4O5S2. The lowest BCUT2D eigenvalue weighted by Gasteiger charge is -2.37. The highest BCUT2D eigenvalue weighted by Gasteiger charge is 2.37. The van der Waals surface area contributed by atoms with E-state index in [0.29, 0.717) is 34.1 Å². The Bertz CT molecular complexity index is 1290. The summed E-state index contributed by atoms with van der Waals surface area (Å²) < 4.78 is 39.9. The van der Waals surface area contributed by atoms with Crippen molar-refractivity contribution >= 4 is 44.0 Å². The molecule has 0 spiro atoms. The number of ether oxygens (including phenoxy) is 2. The number of halogens is 1. The summed E-state index contributed by atoms with van der Waals surface area (Å²) in [5.41, 5.74) is 0.429. The van der Waals surface area contributed by atoms with Crippen molar-refractivity contribution in [3.05, 3.63) is 58.6 Å². The molecule has 0 radical (unpaired) electrons. The van der Waals surface area contributed by atoms with E-state index in [1.165, 1.54) is 7.11 Å². The maximum Gasteiger partial charge on any atom is 0.270 e. The Balaban J connectivity index is 1.54. The summed E-state index contributed by atoms with van der Waals surface area (Å²) in [4.78, 5) is 12.4. The standard InChI is InChI=1S/C21H21ClN4O5S2/c1-21(2)11-16(15-10-14(30-3)8-9-17(15)31-21)26-33(28,29)20-25-24-19(32-20)23-18(27)12-4-6-13(22)7-5-12/h4-10,16,26H,11H2,1-3H3,(H,23,24,27). The van der Waals surface area contributed by atoms with Crippen molar-refractivity contribution in [3.8, 4) is 11.5 Å². The van der Waals surface area contributed by atoms with Gasteiger partial charge in [0, 0.05) is 22.6 Å². The van der Waals surface area contributed by atoms with E-state index in [1.54, 1.807) is 42.5 Å². The second-order valence-electron chi connectivity index (χ2n) is 7.98. The van der Waals surface area contributed by atoms with Crippen molar-refractivity contribution in [2.24, 2.45) is 0 Å². The van der Waals surface area contributed by atoms with Crippen LogP contribution < -0.4 is 19.5 Å². The van der Waals surface area contributed by atoms with Crippen LogP contribution in [0, 0.1) is 0 Å². The van der Waals surface area contributed by atoms with Gasteiger partial charge in [0.25, 0.3) is 15.9 Å². The van der Waals surface area contributed by atoms with Gasteiger partial charge in [0.05, 0.1) is 13.2 Å². The third kappa shape index (κ3) is 5.27. The van der Waals surface area contributed by atoms with Crippen LogP contribution in [-0.4, -0.2) is 37.2 Å². The topological polar surface area (TPSA) is 120 Å². The SMILES string of the molecule is COc1ccc2c(c1)C(NS(=O)(=O)c1nnc(NC(=O)c3ccc(Cl)cc3)s1)CC(C)(C)O2. The normalized spacial score (nSPS) is 17.0. The van der Waals surface area contributed by atoms with Gasteiger partial charge in [0.1, 0.15) is 17.1 Å². The zero-order valence-corrected chi connectivity index (χ0v) is 20.3. The minimum absolute atomic E-state index is 0.0599. The average molecular weight is 509 g/mol. The van der Waals surface area contributed by atoms with Gasteiger partial charge in [0.2, 0.25) is 9.47 Å². The predicted octanol–water partition coefficient (Wildman–Crippen LogP) is 4.03. The van der Waals surface area contributed by atoms with E-state index in [1.807, 2.05) is 13.8 Å². The molecule has 1 aliphatic rings. The highest BCUT2D eigenvalue weighted by molar-refractivity contribution is 7.91. The molecule has 2 aromatic carbocycles. The Kier molecular flexibility index (Phi) is 6.32. The molecular weight excluding hydrogens is 488 g/mol. The largest absolute Gasteiger partial charge is 0.497 e. The Morgan fingerprint density at radius 3 is 2.64 bits per heavy atom. The molecule has 0 aliphatic carbocycles. The number of carbonyl (C=O) groups excluding carboxylic acids is 1. The van der Waals surface area contributed by atoms with Crippen LogP contribution in [0.4, 0.5) is 5.13 Å². The number of nitrogens with one attached hydrogen (secondary N) is 2. The third-order valence-electron chi connectivity index (χ3n) is 4.93. The first-order chi connectivity index (χ1) is 15.6. The van der Waals surface area contributed by atoms with Crippen LogP contribution in [0.2, 0.25) is 5.02 Å². The lowest BCUT2D eigenvalue weighted by atomic mass is 9.90. The number of carbonyl (C=O) groups is 1. The molecule has 12 heteroatoms. The number of benzene rings is 2. The molecule has 0 fully saturated rings. The van der Waals surface area contributed by atoms with Crippen molar-refractivity contribution in [2.45, 2.75) is 36.3 Å². The number of aromatic nitrogens is 2. The van der Waals surface area contributed by atoms with Crippen molar-refractivity contribution in [2.75, 3.05) is 12.4 Å². The summed E-state index contributed by atoms with van der Waals surface area (Å²) in [6.07, 6.45) is 0.394. The number of hydrogen-bond donors (Lipinski definition) is 2. The van der Waals surface area contributed by atoms with E-state index in [2.05, 4.69) is 20.2 Å². The maximum absolute atomic E-state index is 13.1. The molecule has 1 aliphatic heterocycles. The van der Waals surface area contributed by atoms with Gasteiger partial charge in [0.15, 0.2) is 0 Å². The van der Waals surface area contributed by atoms with Gasteiger partial charge in [-0.3, -0.25) is 10.1 Å². The number of methoxy groups -OCH3 is 1. The summed E-state index contributed by atoms with van der Waals surface area (Å²) in [5, 5.41) is 10.7. The minimum Gasteiger partial charge on any atom is -0.497 e. The second kappa shape index (κ2) is 8.90. The number of fused-ring (bicyclic) bond motifs is 1. The molecule has 0 saturated heterocycles. The van der Waals surface area contributed by atoms with Crippen LogP contribution in [0.3, 0.4) is 0 Å². The number of nitrogens with zero attached hydrogens (tertiary/aromatic N) is 2. The smallest absolute Gasteiger partial charge is 0.270 e. The van der Waals surface area contributed by atoms with Crippen LogP contribution in [0.1, 0.15) is 42.2 Å². The molecule has 2 N–H and O–H groups in total. The lowest BCUT2D eigenvalue weighted by molar-refractivity contribution is 0.0700. The summed E-state index contributed by atoms with van der Waals surface area (Å²) in [6, 6.07) is 11.0. The quantitative estimate of drug-likeness (QED) is 0.482. The molecule has 3 aromatic rings. The molecule has 174 valence electrons. The number of amides is 1. The second-order valence-corrected chi connectivity index (χ2v) is 11.3. The Labute approximate surface area is 200 Å². The molecule has 33 heavy (non-hydrogen) atoms. The summed E-state index contributed by atoms with van der Waals surface area (Å²) in [5.74, 6) is 0.712. The fourth-order valence-corrected chi connectivity index (χ4v) is 5.69. The van der Waals surface area contributed by atoms with Gasteiger partial charge in [-0.25, -0.2) is 13.1 Å². The van der Waals surface area contributed by atoms with Crippen LogP contribution >= 0.6 is 22.9 Å². The zero-order chi connectivity index (χ0) is 23.8. The van der Waals surface area contributed by atoms with Crippen molar-refractivity contribution in [1.82, 2.24) is 14.9 Å². The number of sulfonamides is 1. The summed E-state index contributed by atoms with van der Waals surface area (Å²) >= 11 is 6.59. The fraction of sp³-hybridized carbons (Fsp3) is 0.286. The number of rotatable bonds is 6. The maximum atomic E-state index is 13.1. The van der Waals surface area contributed by atoms with Crippen LogP contribution in [0.25, 0.3) is 0 Å². The van der Waals surface area contributed by atoms with Gasteiger partial charge in [-0.15, -0.1) is 10.2 Å². The van der Waals surface area contributed by atoms with Gasteiger partial charge in [-0.1, -0.05) is 22.9 Å². The van der Waals surface area contributed by atoms with Crippen molar-refractivity contribution in [1.29, 1.82) is 0 Å². The predicted molar refractivity (Wildman–Crippen MR) is 125 cm³/mol. The van der Waals surface area contributed by atoms with E-state index < -0.39 is 27.6 Å². The van der Waals surface area contributed by atoms with E-state index >= 15 is 0 Å². The van der Waals surface area contributed by atoms with Crippen molar-refractivity contribution < 1.29 is 22.7 Å². The molecule has 1 unspecified atom stereocenters. The first-order valence-electron chi connectivity index (χ1n) is 9.86. The highest BCUT2D eigenvalue weighted by Crippen LogP contribution is 2.41. The van der Waals surface area contributed by atoms with Crippen molar-refractivity contribution in [3.63, 3.8) is 0 Å². The van der Waals surface area contributed by atoms with Gasteiger partial charge in [-0.05, 0) is 56.3 Å². The lowest BCUT2D eigenvalue weighted by Crippen LogP contribution is -2.41. The number of anilines is 1. The minimum atomic E-state index is -4.03.